The Balaban J connectivity index is 1.39. The number of phenolic OH excluding ortho intramolecular Hbond substituents is 1. The summed E-state index contributed by atoms with van der Waals surface area (Å²) in [5.41, 5.74) is 3.28. The second-order valence-electron chi connectivity index (χ2n) is 13.9. The molecule has 1 N–H and O–H groups in total. The highest BCUT2D eigenvalue weighted by Gasteiger charge is 2.32. The Labute approximate surface area is 320 Å². The third-order valence-corrected chi connectivity index (χ3v) is 9.83. The number of amides is 3. The monoisotopic (exact) mass is 755 g/mol. The average Bonchev–Trinajstić information content (AvgIpc) is 3.18. The molecule has 0 bridgehead atoms. The van der Waals surface area contributed by atoms with Crippen molar-refractivity contribution in [2.24, 2.45) is 0 Å². The molecule has 55 heavy (non-hydrogen) atoms. The van der Waals surface area contributed by atoms with Crippen molar-refractivity contribution in [2.45, 2.75) is 38.7 Å². The Kier molecular flexibility index (Phi) is 13.7. The molecule has 0 spiro atoms. The second kappa shape index (κ2) is 18.6. The van der Waals surface area contributed by atoms with Gasteiger partial charge in [0.25, 0.3) is 0 Å². The molecule has 1 saturated heterocycles. The predicted octanol–water partition coefficient (Wildman–Crippen LogP) is 6.32. The molecule has 1 aliphatic heterocycles. The summed E-state index contributed by atoms with van der Waals surface area (Å²) in [7, 11) is 3.66. The number of piperazine rings is 1. The van der Waals surface area contributed by atoms with Crippen molar-refractivity contribution >= 4 is 29.5 Å². The Morgan fingerprint density at radius 1 is 0.764 bits per heavy atom. The lowest BCUT2D eigenvalue weighted by Crippen LogP contribution is -2.51. The summed E-state index contributed by atoms with van der Waals surface area (Å²) in [5.74, 6) is -0.470. The zero-order valence-electron chi connectivity index (χ0n) is 31.5. The fraction of sp³-hybridized carbons (Fsp3) is 0.326. The minimum absolute atomic E-state index is 0.0541. The molecule has 0 radical (unpaired) electrons. The Hall–Kier alpha value is -5.62. The fourth-order valence-corrected chi connectivity index (χ4v) is 6.52. The van der Waals surface area contributed by atoms with Gasteiger partial charge in [-0.1, -0.05) is 66.7 Å². The third-order valence-electron chi connectivity index (χ3n) is 9.83. The Morgan fingerprint density at radius 3 is 1.96 bits per heavy atom. The van der Waals surface area contributed by atoms with E-state index in [4.69, 9.17) is 0 Å². The van der Waals surface area contributed by atoms with E-state index in [1.54, 1.807) is 31.0 Å². The minimum atomic E-state index is -4.48. The van der Waals surface area contributed by atoms with Crippen LogP contribution in [-0.2, 0) is 40.1 Å². The number of benzene rings is 4. The van der Waals surface area contributed by atoms with Crippen LogP contribution >= 0.6 is 0 Å². The van der Waals surface area contributed by atoms with Gasteiger partial charge in [0.1, 0.15) is 11.8 Å². The van der Waals surface area contributed by atoms with Crippen LogP contribution in [0.1, 0.15) is 34.7 Å². The van der Waals surface area contributed by atoms with Gasteiger partial charge < -0.3 is 29.6 Å². The second-order valence-corrected chi connectivity index (χ2v) is 13.9. The van der Waals surface area contributed by atoms with E-state index >= 15 is 0 Å². The van der Waals surface area contributed by atoms with Gasteiger partial charge in [-0.25, -0.2) is 0 Å². The molecule has 0 aromatic heterocycles. The number of nitrogens with zero attached hydrogens (tertiary/aromatic N) is 5. The highest BCUT2D eigenvalue weighted by Crippen LogP contribution is 2.29. The molecule has 3 amide bonds. The largest absolute Gasteiger partial charge is 0.508 e. The van der Waals surface area contributed by atoms with Gasteiger partial charge in [0.05, 0.1) is 5.56 Å². The summed E-state index contributed by atoms with van der Waals surface area (Å²) in [5, 5.41) is 9.64. The number of anilines is 1. The van der Waals surface area contributed by atoms with Crippen molar-refractivity contribution < 1.29 is 32.7 Å². The first-order valence-electron chi connectivity index (χ1n) is 18.3. The normalized spacial score (nSPS) is 13.9. The van der Waals surface area contributed by atoms with E-state index in [9.17, 15) is 32.7 Å². The molecule has 4 aromatic carbocycles. The number of hydrogen-bond donors (Lipinski definition) is 1. The summed E-state index contributed by atoms with van der Waals surface area (Å²) in [6.45, 7) is 5.87. The zero-order valence-corrected chi connectivity index (χ0v) is 31.5. The van der Waals surface area contributed by atoms with E-state index in [0.29, 0.717) is 51.4 Å². The van der Waals surface area contributed by atoms with Crippen LogP contribution in [0.15, 0.2) is 109 Å². The maximum Gasteiger partial charge on any atom is 0.416 e. The van der Waals surface area contributed by atoms with Crippen molar-refractivity contribution in [3.63, 3.8) is 0 Å². The lowest BCUT2D eigenvalue weighted by Gasteiger charge is -2.36. The van der Waals surface area contributed by atoms with E-state index in [0.717, 1.165) is 34.5 Å². The number of halogens is 3. The smallest absolute Gasteiger partial charge is 0.416 e. The number of hydrogen-bond acceptors (Lipinski definition) is 6. The van der Waals surface area contributed by atoms with E-state index in [2.05, 4.69) is 9.80 Å². The zero-order chi connectivity index (χ0) is 39.5. The van der Waals surface area contributed by atoms with Gasteiger partial charge in [-0.15, -0.1) is 0 Å². The van der Waals surface area contributed by atoms with Crippen LogP contribution in [0, 0.1) is 0 Å². The van der Waals surface area contributed by atoms with Crippen LogP contribution < -0.4 is 4.90 Å². The van der Waals surface area contributed by atoms with E-state index in [1.807, 2.05) is 78.7 Å². The number of phenols is 1. The van der Waals surface area contributed by atoms with E-state index in [-0.39, 0.29) is 30.5 Å². The molecule has 1 unspecified atom stereocenters. The lowest BCUT2D eigenvalue weighted by molar-refractivity contribution is -0.143. The van der Waals surface area contributed by atoms with Gasteiger partial charge >= 0.3 is 6.18 Å². The van der Waals surface area contributed by atoms with Crippen LogP contribution in [0.25, 0.3) is 6.08 Å². The fourth-order valence-electron chi connectivity index (χ4n) is 6.52. The van der Waals surface area contributed by atoms with E-state index < -0.39 is 23.7 Å². The first-order valence-corrected chi connectivity index (χ1v) is 18.3. The predicted molar refractivity (Wildman–Crippen MR) is 208 cm³/mol. The molecule has 4 aromatic rings. The molecule has 1 heterocycles. The van der Waals surface area contributed by atoms with Crippen LogP contribution in [0.4, 0.5) is 18.9 Å². The van der Waals surface area contributed by atoms with Gasteiger partial charge in [-0.05, 0) is 71.8 Å². The highest BCUT2D eigenvalue weighted by atomic mass is 19.4. The molecular formula is C43H48F3N5O4. The SMILES string of the molecule is CC(=O)N1CCN(c2ccc(CN(C(=O)C=Cc3ccc(C(F)(F)F)cc3)C(Cc3ccccc3)C(=O)N(C)CCN(C)Cc3ccc(O)cc3)cc2)CC1. The van der Waals surface area contributed by atoms with Crippen LogP contribution in [0.3, 0.4) is 0 Å². The number of carbonyl (C=O) groups excluding carboxylic acids is 3. The van der Waals surface area contributed by atoms with Gasteiger partial charge in [-0.3, -0.25) is 14.4 Å². The van der Waals surface area contributed by atoms with Crippen LogP contribution in [0.5, 0.6) is 5.75 Å². The third kappa shape index (κ3) is 11.7. The molecular weight excluding hydrogens is 707 g/mol. The van der Waals surface area contributed by atoms with Crippen molar-refractivity contribution in [3.8, 4) is 5.75 Å². The maximum absolute atomic E-state index is 14.5. The summed E-state index contributed by atoms with van der Waals surface area (Å²) in [6, 6.07) is 27.9. The molecule has 9 nitrogen and oxygen atoms in total. The topological polar surface area (TPSA) is 87.6 Å². The van der Waals surface area contributed by atoms with Crippen molar-refractivity contribution in [1.82, 2.24) is 19.6 Å². The maximum atomic E-state index is 14.5. The van der Waals surface area contributed by atoms with Crippen LogP contribution in [-0.4, -0.2) is 102 Å². The number of alkyl halides is 3. The minimum Gasteiger partial charge on any atom is -0.508 e. The number of aromatic hydroxyl groups is 1. The molecule has 0 saturated carbocycles. The molecule has 0 aliphatic carbocycles. The number of carbonyl (C=O) groups is 3. The quantitative estimate of drug-likeness (QED) is 0.152. The van der Waals surface area contributed by atoms with Crippen LogP contribution in [0.2, 0.25) is 0 Å². The van der Waals surface area contributed by atoms with E-state index in [1.165, 1.54) is 29.2 Å². The van der Waals surface area contributed by atoms with Gasteiger partial charge in [0.15, 0.2) is 0 Å². The molecule has 1 aliphatic rings. The molecule has 5 rings (SSSR count). The van der Waals surface area contributed by atoms with Crippen molar-refractivity contribution in [2.75, 3.05) is 58.3 Å². The standard InChI is InChI=1S/C43H48F3N5O4/c1-32(52)49-25-27-50(28-26-49)38-18-11-36(12-19-38)31-51(41(54)22-15-33-9-16-37(17-10-33)43(44,45)46)40(29-34-7-5-4-6-8-34)42(55)48(3)24-23-47(2)30-35-13-20-39(53)21-14-35/h4-22,40,53H,23-31H2,1-3H3. The molecule has 290 valence electrons. The summed E-state index contributed by atoms with van der Waals surface area (Å²) < 4.78 is 39.6. The van der Waals surface area contributed by atoms with Gasteiger partial charge in [-0.2, -0.15) is 13.2 Å². The van der Waals surface area contributed by atoms with Crippen molar-refractivity contribution in [1.29, 1.82) is 0 Å². The lowest BCUT2D eigenvalue weighted by atomic mass is 10.0. The molecule has 1 fully saturated rings. The van der Waals surface area contributed by atoms with Crippen molar-refractivity contribution in [3.05, 3.63) is 137 Å². The average molecular weight is 756 g/mol. The first kappa shape index (κ1) is 40.6. The van der Waals surface area contributed by atoms with Gasteiger partial charge in [0, 0.05) is 84.5 Å². The first-order chi connectivity index (χ1) is 26.3. The molecule has 12 heteroatoms. The van der Waals surface area contributed by atoms with Gasteiger partial charge in [0.2, 0.25) is 17.7 Å². The number of likely N-dealkylation sites (N-methyl/N-ethyl adjacent to an activating group) is 2. The summed E-state index contributed by atoms with van der Waals surface area (Å²) in [6.07, 6.45) is -1.47. The summed E-state index contributed by atoms with van der Waals surface area (Å²) in [4.78, 5) is 49.7. The highest BCUT2D eigenvalue weighted by molar-refractivity contribution is 5.95. The molecule has 1 atom stereocenters. The number of rotatable bonds is 14. The Bertz CT molecular complexity index is 1890. The Morgan fingerprint density at radius 2 is 1.36 bits per heavy atom. The summed E-state index contributed by atoms with van der Waals surface area (Å²) >= 11 is 0.